The van der Waals surface area contributed by atoms with Crippen LogP contribution in [0.1, 0.15) is 48.7 Å². The number of nitrogens with one attached hydrogen (secondary N) is 1. The Morgan fingerprint density at radius 2 is 1.50 bits per heavy atom. The lowest BCUT2D eigenvalue weighted by atomic mass is 9.87. The zero-order valence-corrected chi connectivity index (χ0v) is 17.8. The molecule has 0 spiro atoms. The fraction of sp³-hybridized carbons (Fsp3) is 0.375. The minimum atomic E-state index is -0.147. The standard InChI is InChI=1S/C24H28N4O2/c1-24(2,3)20-9-11-21(12-10-20)26-23(30)28-14-4-13-27(15-16-28)22(29)19-7-5-18(17-25)6-8-19/h5-12H,4,13-16H2,1-3H3,(H,26,30). The molecular formula is C24H28N4O2. The second-order valence-electron chi connectivity index (χ2n) is 8.58. The molecule has 0 bridgehead atoms. The molecular weight excluding hydrogens is 376 g/mol. The van der Waals surface area contributed by atoms with Gasteiger partial charge in [0.15, 0.2) is 0 Å². The first-order chi connectivity index (χ1) is 14.3. The molecule has 1 fully saturated rings. The molecule has 30 heavy (non-hydrogen) atoms. The van der Waals surface area contributed by atoms with E-state index in [0.29, 0.717) is 37.3 Å². The smallest absolute Gasteiger partial charge is 0.321 e. The summed E-state index contributed by atoms with van der Waals surface area (Å²) in [6.45, 7) is 8.63. The van der Waals surface area contributed by atoms with Crippen molar-refractivity contribution in [1.29, 1.82) is 5.26 Å². The highest BCUT2D eigenvalue weighted by atomic mass is 16.2. The van der Waals surface area contributed by atoms with Gasteiger partial charge in [-0.1, -0.05) is 32.9 Å². The number of benzene rings is 2. The summed E-state index contributed by atoms with van der Waals surface area (Å²) in [6.07, 6.45) is 0.721. The Bertz CT molecular complexity index is 937. The molecule has 6 heteroatoms. The van der Waals surface area contributed by atoms with Gasteiger partial charge < -0.3 is 15.1 Å². The lowest BCUT2D eigenvalue weighted by Gasteiger charge is -2.23. The fourth-order valence-electron chi connectivity index (χ4n) is 3.45. The highest BCUT2D eigenvalue weighted by Crippen LogP contribution is 2.23. The van der Waals surface area contributed by atoms with Crippen molar-refractivity contribution in [1.82, 2.24) is 9.80 Å². The predicted octanol–water partition coefficient (Wildman–Crippen LogP) is 4.24. The minimum Gasteiger partial charge on any atom is -0.337 e. The summed E-state index contributed by atoms with van der Waals surface area (Å²) in [6, 6.07) is 16.5. The van der Waals surface area contributed by atoms with E-state index in [1.165, 1.54) is 5.56 Å². The fourth-order valence-corrected chi connectivity index (χ4v) is 3.45. The van der Waals surface area contributed by atoms with Crippen LogP contribution in [0.2, 0.25) is 0 Å². The van der Waals surface area contributed by atoms with Gasteiger partial charge in [0.05, 0.1) is 11.6 Å². The van der Waals surface area contributed by atoms with Gasteiger partial charge in [0.1, 0.15) is 0 Å². The van der Waals surface area contributed by atoms with Crippen LogP contribution in [0.4, 0.5) is 10.5 Å². The summed E-state index contributed by atoms with van der Waals surface area (Å²) in [5.74, 6) is -0.0699. The number of anilines is 1. The predicted molar refractivity (Wildman–Crippen MR) is 117 cm³/mol. The van der Waals surface area contributed by atoms with Crippen LogP contribution in [-0.4, -0.2) is 47.9 Å². The van der Waals surface area contributed by atoms with Crippen molar-refractivity contribution in [2.24, 2.45) is 0 Å². The molecule has 156 valence electrons. The number of carbonyl (C=O) groups is 2. The van der Waals surface area contributed by atoms with E-state index in [0.717, 1.165) is 12.1 Å². The first-order valence-corrected chi connectivity index (χ1v) is 10.2. The molecule has 2 aromatic carbocycles. The molecule has 0 saturated carbocycles. The monoisotopic (exact) mass is 404 g/mol. The number of amides is 3. The average molecular weight is 405 g/mol. The maximum atomic E-state index is 12.8. The van der Waals surface area contributed by atoms with Crippen LogP contribution in [0.5, 0.6) is 0 Å². The molecule has 0 radical (unpaired) electrons. The van der Waals surface area contributed by atoms with E-state index in [1.807, 2.05) is 24.3 Å². The van der Waals surface area contributed by atoms with E-state index in [9.17, 15) is 9.59 Å². The van der Waals surface area contributed by atoms with Crippen LogP contribution in [0.3, 0.4) is 0 Å². The molecule has 3 rings (SSSR count). The number of hydrogen-bond acceptors (Lipinski definition) is 3. The lowest BCUT2D eigenvalue weighted by Crippen LogP contribution is -2.39. The van der Waals surface area contributed by atoms with E-state index in [-0.39, 0.29) is 17.4 Å². The quantitative estimate of drug-likeness (QED) is 0.813. The maximum absolute atomic E-state index is 12.8. The van der Waals surface area contributed by atoms with Crippen LogP contribution >= 0.6 is 0 Å². The van der Waals surface area contributed by atoms with E-state index < -0.39 is 0 Å². The van der Waals surface area contributed by atoms with Gasteiger partial charge in [-0.3, -0.25) is 4.79 Å². The first-order valence-electron chi connectivity index (χ1n) is 10.2. The molecule has 1 saturated heterocycles. The molecule has 0 aliphatic carbocycles. The number of rotatable bonds is 2. The Hall–Kier alpha value is -3.33. The highest BCUT2D eigenvalue weighted by Gasteiger charge is 2.23. The third kappa shape index (κ3) is 5.18. The lowest BCUT2D eigenvalue weighted by molar-refractivity contribution is 0.0762. The van der Waals surface area contributed by atoms with E-state index in [4.69, 9.17) is 5.26 Å². The molecule has 3 amide bonds. The van der Waals surface area contributed by atoms with Crippen molar-refractivity contribution < 1.29 is 9.59 Å². The van der Waals surface area contributed by atoms with Gasteiger partial charge in [-0.15, -0.1) is 0 Å². The van der Waals surface area contributed by atoms with Gasteiger partial charge in [-0.05, 0) is 53.8 Å². The van der Waals surface area contributed by atoms with Gasteiger partial charge in [0.25, 0.3) is 5.91 Å². The molecule has 6 nitrogen and oxygen atoms in total. The maximum Gasteiger partial charge on any atom is 0.321 e. The van der Waals surface area contributed by atoms with E-state index in [2.05, 4.69) is 32.2 Å². The SMILES string of the molecule is CC(C)(C)c1ccc(NC(=O)N2CCCN(C(=O)c3ccc(C#N)cc3)CC2)cc1. The molecule has 0 unspecified atom stereocenters. The molecule has 2 aromatic rings. The normalized spacial score (nSPS) is 14.6. The van der Waals surface area contributed by atoms with Gasteiger partial charge in [0.2, 0.25) is 0 Å². The highest BCUT2D eigenvalue weighted by molar-refractivity contribution is 5.94. The summed E-state index contributed by atoms with van der Waals surface area (Å²) in [4.78, 5) is 29.0. The van der Waals surface area contributed by atoms with Crippen molar-refractivity contribution in [3.63, 3.8) is 0 Å². The largest absolute Gasteiger partial charge is 0.337 e. The topological polar surface area (TPSA) is 76.4 Å². The zero-order valence-electron chi connectivity index (χ0n) is 17.8. The van der Waals surface area contributed by atoms with Gasteiger partial charge >= 0.3 is 6.03 Å². The van der Waals surface area contributed by atoms with Crippen molar-refractivity contribution in [3.05, 3.63) is 65.2 Å². The summed E-state index contributed by atoms with van der Waals surface area (Å²) < 4.78 is 0. The van der Waals surface area contributed by atoms with E-state index >= 15 is 0 Å². The summed E-state index contributed by atoms with van der Waals surface area (Å²) in [5.41, 5.74) is 3.14. The van der Waals surface area contributed by atoms with Crippen LogP contribution in [0.25, 0.3) is 0 Å². The molecule has 1 aliphatic rings. The number of nitrogens with zero attached hydrogens (tertiary/aromatic N) is 3. The van der Waals surface area contributed by atoms with Crippen LogP contribution in [0, 0.1) is 11.3 Å². The Morgan fingerprint density at radius 3 is 2.10 bits per heavy atom. The number of carbonyl (C=O) groups excluding carboxylic acids is 2. The van der Waals surface area contributed by atoms with Crippen molar-refractivity contribution in [2.45, 2.75) is 32.6 Å². The van der Waals surface area contributed by atoms with Crippen LogP contribution in [0.15, 0.2) is 48.5 Å². The molecule has 1 aliphatic heterocycles. The van der Waals surface area contributed by atoms with E-state index in [1.54, 1.807) is 34.1 Å². The third-order valence-corrected chi connectivity index (χ3v) is 5.33. The Kier molecular flexibility index (Phi) is 6.41. The zero-order chi connectivity index (χ0) is 21.7. The second-order valence-corrected chi connectivity index (χ2v) is 8.58. The number of hydrogen-bond donors (Lipinski definition) is 1. The second kappa shape index (κ2) is 9.00. The number of urea groups is 1. The van der Waals surface area contributed by atoms with Crippen molar-refractivity contribution in [2.75, 3.05) is 31.5 Å². The van der Waals surface area contributed by atoms with Crippen molar-refractivity contribution >= 4 is 17.6 Å². The Balaban J connectivity index is 1.58. The van der Waals surface area contributed by atoms with Crippen molar-refractivity contribution in [3.8, 4) is 6.07 Å². The first kappa shape index (κ1) is 21.4. The summed E-state index contributed by atoms with van der Waals surface area (Å²) >= 11 is 0. The molecule has 0 aromatic heterocycles. The van der Waals surface area contributed by atoms with Crippen LogP contribution in [-0.2, 0) is 5.41 Å². The number of nitriles is 1. The minimum absolute atomic E-state index is 0.0677. The average Bonchev–Trinajstić information content (AvgIpc) is 2.99. The Morgan fingerprint density at radius 1 is 0.900 bits per heavy atom. The summed E-state index contributed by atoms with van der Waals surface area (Å²) in [7, 11) is 0. The molecule has 0 atom stereocenters. The van der Waals surface area contributed by atoms with Gasteiger partial charge in [0, 0.05) is 37.4 Å². The van der Waals surface area contributed by atoms with Gasteiger partial charge in [-0.25, -0.2) is 4.79 Å². The Labute approximate surface area is 178 Å². The third-order valence-electron chi connectivity index (χ3n) is 5.33. The van der Waals surface area contributed by atoms with Crippen LogP contribution < -0.4 is 5.32 Å². The van der Waals surface area contributed by atoms with Gasteiger partial charge in [-0.2, -0.15) is 5.26 Å². The summed E-state index contributed by atoms with van der Waals surface area (Å²) in [5, 5.41) is 11.9. The molecule has 1 N–H and O–H groups in total. The molecule has 1 heterocycles.